The highest BCUT2D eigenvalue weighted by molar-refractivity contribution is 7.80. The van der Waals surface area contributed by atoms with Crippen LogP contribution in [0, 0.1) is 0 Å². The molecule has 1 aliphatic rings. The highest BCUT2D eigenvalue weighted by Crippen LogP contribution is 2.31. The van der Waals surface area contributed by atoms with Crippen molar-refractivity contribution in [1.82, 2.24) is 10.3 Å². The summed E-state index contributed by atoms with van der Waals surface area (Å²) in [7, 11) is 0. The van der Waals surface area contributed by atoms with Crippen molar-refractivity contribution in [2.24, 2.45) is 0 Å². The van der Waals surface area contributed by atoms with Gasteiger partial charge >= 0.3 is 0 Å². The van der Waals surface area contributed by atoms with Crippen LogP contribution in [0.1, 0.15) is 32.0 Å². The molecule has 0 spiro atoms. The van der Waals surface area contributed by atoms with Gasteiger partial charge in [0.15, 0.2) is 5.11 Å². The van der Waals surface area contributed by atoms with E-state index in [1.807, 2.05) is 54.6 Å². The van der Waals surface area contributed by atoms with Gasteiger partial charge in [-0.25, -0.2) is 4.98 Å². The Morgan fingerprint density at radius 1 is 0.921 bits per heavy atom. The summed E-state index contributed by atoms with van der Waals surface area (Å²) >= 11 is 6.92. The van der Waals surface area contributed by atoms with Crippen LogP contribution in [0.2, 0.25) is 0 Å². The molecule has 6 nitrogen and oxygen atoms in total. The zero-order valence-corrected chi connectivity index (χ0v) is 22.7. The second kappa shape index (κ2) is 10.3. The Morgan fingerprint density at radius 3 is 2.21 bits per heavy atom. The van der Waals surface area contributed by atoms with Gasteiger partial charge in [-0.15, -0.1) is 11.3 Å². The fraction of sp³-hybridized carbons (Fsp3) is 0.133. The lowest BCUT2D eigenvalue weighted by Gasteiger charge is -2.29. The van der Waals surface area contributed by atoms with Crippen molar-refractivity contribution in [2.75, 3.05) is 4.90 Å². The molecule has 1 fully saturated rings. The number of aromatic nitrogens is 1. The summed E-state index contributed by atoms with van der Waals surface area (Å²) in [6.45, 7) is 6.40. The number of para-hydroxylation sites is 1. The Bertz CT molecular complexity index is 1530. The molecule has 190 valence electrons. The van der Waals surface area contributed by atoms with Crippen LogP contribution in [0.15, 0.2) is 89.8 Å². The first-order chi connectivity index (χ1) is 18.2. The van der Waals surface area contributed by atoms with Crippen molar-refractivity contribution >= 4 is 52.2 Å². The largest absolute Gasteiger partial charge is 0.457 e. The summed E-state index contributed by atoms with van der Waals surface area (Å²) in [6.07, 6.45) is 1.57. The number of hydrogen-bond donors (Lipinski definition) is 1. The Morgan fingerprint density at radius 2 is 1.58 bits per heavy atom. The number of thiazole rings is 1. The first kappa shape index (κ1) is 25.5. The fourth-order valence-corrected chi connectivity index (χ4v) is 5.15. The minimum absolute atomic E-state index is 0.000213. The maximum absolute atomic E-state index is 13.4. The van der Waals surface area contributed by atoms with Crippen LogP contribution in [0.3, 0.4) is 0 Å². The van der Waals surface area contributed by atoms with Crippen LogP contribution in [0.4, 0.5) is 5.69 Å². The smallest absolute Gasteiger partial charge is 0.270 e. The van der Waals surface area contributed by atoms with Gasteiger partial charge in [-0.1, -0.05) is 63.2 Å². The van der Waals surface area contributed by atoms with E-state index < -0.39 is 11.8 Å². The van der Waals surface area contributed by atoms with Crippen molar-refractivity contribution in [3.05, 3.63) is 101 Å². The molecule has 1 N–H and O–H groups in total. The number of rotatable bonds is 5. The molecule has 0 aliphatic carbocycles. The molecule has 5 rings (SSSR count). The summed E-state index contributed by atoms with van der Waals surface area (Å²) in [5, 5.41) is 5.66. The van der Waals surface area contributed by atoms with E-state index in [0.717, 1.165) is 21.8 Å². The predicted octanol–water partition coefficient (Wildman–Crippen LogP) is 6.73. The van der Waals surface area contributed by atoms with Crippen molar-refractivity contribution in [1.29, 1.82) is 0 Å². The SMILES string of the molecule is CC(C)(C)c1csc(-c2ccc(/C=C3\C(=O)NC(=S)N(c4ccc(Oc5ccccc5)cc4)C3=O)cc2)n1. The number of hydrogen-bond acceptors (Lipinski definition) is 6. The molecule has 0 saturated carbocycles. The van der Waals surface area contributed by atoms with E-state index >= 15 is 0 Å². The lowest BCUT2D eigenvalue weighted by molar-refractivity contribution is -0.122. The number of ether oxygens (including phenoxy) is 1. The molecule has 1 aliphatic heterocycles. The summed E-state index contributed by atoms with van der Waals surface area (Å²) in [5.41, 5.74) is 3.26. The zero-order chi connectivity index (χ0) is 26.9. The summed E-state index contributed by atoms with van der Waals surface area (Å²) < 4.78 is 5.83. The lowest BCUT2D eigenvalue weighted by Crippen LogP contribution is -2.54. The number of benzene rings is 3. The van der Waals surface area contributed by atoms with Gasteiger partial charge in [0.2, 0.25) is 0 Å². The second-order valence-electron chi connectivity index (χ2n) is 9.78. The van der Waals surface area contributed by atoms with Crippen LogP contribution in [-0.2, 0) is 15.0 Å². The Kier molecular flexibility index (Phi) is 6.93. The van der Waals surface area contributed by atoms with Crippen LogP contribution < -0.4 is 15.0 Å². The number of anilines is 1. The predicted molar refractivity (Wildman–Crippen MR) is 155 cm³/mol. The molecule has 2 heterocycles. The number of nitrogens with one attached hydrogen (secondary N) is 1. The van der Waals surface area contributed by atoms with Gasteiger partial charge in [-0.05, 0) is 60.3 Å². The molecule has 0 atom stereocenters. The third-order valence-corrected chi connectivity index (χ3v) is 7.09. The van der Waals surface area contributed by atoms with E-state index in [-0.39, 0.29) is 16.1 Å². The number of thiocarbonyl (C=S) groups is 1. The molecule has 2 amide bonds. The van der Waals surface area contributed by atoms with Gasteiger partial charge in [0.1, 0.15) is 22.1 Å². The zero-order valence-electron chi connectivity index (χ0n) is 21.1. The van der Waals surface area contributed by atoms with E-state index in [1.54, 1.807) is 41.7 Å². The third-order valence-electron chi connectivity index (χ3n) is 5.92. The lowest BCUT2D eigenvalue weighted by atomic mass is 9.93. The molecule has 38 heavy (non-hydrogen) atoms. The minimum Gasteiger partial charge on any atom is -0.457 e. The third kappa shape index (κ3) is 5.41. The molecule has 1 saturated heterocycles. The molecule has 8 heteroatoms. The Labute approximate surface area is 230 Å². The summed E-state index contributed by atoms with van der Waals surface area (Å²) in [4.78, 5) is 32.1. The topological polar surface area (TPSA) is 71.5 Å². The summed E-state index contributed by atoms with van der Waals surface area (Å²) in [5.74, 6) is 0.302. The van der Waals surface area contributed by atoms with Crippen molar-refractivity contribution in [3.63, 3.8) is 0 Å². The second-order valence-corrected chi connectivity index (χ2v) is 11.0. The Hall–Kier alpha value is -4.14. The van der Waals surface area contributed by atoms with Crippen molar-refractivity contribution in [3.8, 4) is 22.1 Å². The van der Waals surface area contributed by atoms with E-state index in [2.05, 4.69) is 31.5 Å². The normalized spacial score (nSPS) is 15.1. The average Bonchev–Trinajstić information content (AvgIpc) is 3.40. The quantitative estimate of drug-likeness (QED) is 0.173. The van der Waals surface area contributed by atoms with Gasteiger partial charge in [-0.3, -0.25) is 19.8 Å². The molecule has 0 unspecified atom stereocenters. The van der Waals surface area contributed by atoms with Crippen molar-refractivity contribution < 1.29 is 14.3 Å². The maximum Gasteiger partial charge on any atom is 0.270 e. The van der Waals surface area contributed by atoms with E-state index in [0.29, 0.717) is 17.2 Å². The van der Waals surface area contributed by atoms with Gasteiger partial charge in [0, 0.05) is 16.4 Å². The van der Waals surface area contributed by atoms with E-state index in [9.17, 15) is 9.59 Å². The first-order valence-electron chi connectivity index (χ1n) is 12.0. The highest BCUT2D eigenvalue weighted by atomic mass is 32.1. The molecule has 1 aromatic heterocycles. The average molecular weight is 540 g/mol. The minimum atomic E-state index is -0.529. The Balaban J connectivity index is 1.36. The molecular formula is C30H25N3O3S2. The number of amides is 2. The summed E-state index contributed by atoms with van der Waals surface area (Å²) in [6, 6.07) is 24.0. The first-order valence-corrected chi connectivity index (χ1v) is 13.3. The van der Waals surface area contributed by atoms with Gasteiger partial charge in [0.05, 0.1) is 11.4 Å². The van der Waals surface area contributed by atoms with Gasteiger partial charge in [-0.2, -0.15) is 0 Å². The van der Waals surface area contributed by atoms with Crippen LogP contribution in [0.5, 0.6) is 11.5 Å². The molecule has 3 aromatic carbocycles. The molecule has 0 bridgehead atoms. The monoisotopic (exact) mass is 539 g/mol. The highest BCUT2D eigenvalue weighted by Gasteiger charge is 2.34. The standard InChI is InChI=1S/C30H25N3O3S2/c1-30(2,3)25-18-38-27(31-25)20-11-9-19(10-12-20)17-24-26(34)32-29(37)33(28(24)35)21-13-15-23(16-14-21)36-22-7-5-4-6-8-22/h4-18H,1-3H3,(H,32,34,37)/b24-17+. The van der Waals surface area contributed by atoms with Gasteiger partial charge < -0.3 is 4.74 Å². The molecule has 4 aromatic rings. The number of carbonyl (C=O) groups is 2. The van der Waals surface area contributed by atoms with Gasteiger partial charge in [0.25, 0.3) is 11.8 Å². The van der Waals surface area contributed by atoms with Crippen LogP contribution in [0.25, 0.3) is 16.6 Å². The van der Waals surface area contributed by atoms with E-state index in [4.69, 9.17) is 21.9 Å². The van der Waals surface area contributed by atoms with Crippen LogP contribution >= 0.6 is 23.6 Å². The molecule has 0 radical (unpaired) electrons. The maximum atomic E-state index is 13.4. The van der Waals surface area contributed by atoms with Crippen LogP contribution in [-0.4, -0.2) is 21.9 Å². The number of nitrogens with zero attached hydrogens (tertiary/aromatic N) is 2. The van der Waals surface area contributed by atoms with E-state index in [1.165, 1.54) is 4.90 Å². The fourth-order valence-electron chi connectivity index (χ4n) is 3.82. The number of carbonyl (C=O) groups excluding carboxylic acids is 2. The van der Waals surface area contributed by atoms with Crippen molar-refractivity contribution in [2.45, 2.75) is 26.2 Å². The molecular weight excluding hydrogens is 514 g/mol.